The number of urea groups is 1. The molecule has 0 aromatic heterocycles. The molecular weight excluding hydrogens is 246 g/mol. The highest BCUT2D eigenvalue weighted by molar-refractivity contribution is 6.01. The Morgan fingerprint density at radius 3 is 2.84 bits per heavy atom. The standard InChI is InChI=1S/C13H17N3O3/c14-6-3-7-15-13(19)16-10-5-2-1-4-9(10)8-11(16)12(17)18/h1-2,4-5,11H,3,6-8,14H2,(H,15,19)(H,17,18). The number of anilines is 1. The van der Waals surface area contributed by atoms with Gasteiger partial charge in [-0.15, -0.1) is 0 Å². The molecule has 0 bridgehead atoms. The van der Waals surface area contributed by atoms with Gasteiger partial charge in [0.05, 0.1) is 0 Å². The highest BCUT2D eigenvalue weighted by Crippen LogP contribution is 2.32. The monoisotopic (exact) mass is 263 g/mol. The Hall–Kier alpha value is -2.08. The number of carbonyl (C=O) groups is 2. The molecule has 2 amide bonds. The van der Waals surface area contributed by atoms with E-state index in [2.05, 4.69) is 5.32 Å². The van der Waals surface area contributed by atoms with E-state index >= 15 is 0 Å². The van der Waals surface area contributed by atoms with Gasteiger partial charge in [0, 0.05) is 18.7 Å². The molecule has 1 heterocycles. The number of fused-ring (bicyclic) bond motifs is 1. The molecule has 0 spiro atoms. The number of carboxylic acids is 1. The van der Waals surface area contributed by atoms with Crippen LogP contribution in [-0.4, -0.2) is 36.2 Å². The molecule has 0 saturated heterocycles. The van der Waals surface area contributed by atoms with E-state index in [1.54, 1.807) is 12.1 Å². The van der Waals surface area contributed by atoms with Crippen LogP contribution >= 0.6 is 0 Å². The third-order valence-corrected chi connectivity index (χ3v) is 3.14. The Balaban J connectivity index is 2.19. The van der Waals surface area contributed by atoms with Gasteiger partial charge in [0.1, 0.15) is 6.04 Å². The van der Waals surface area contributed by atoms with Gasteiger partial charge in [-0.05, 0) is 24.6 Å². The summed E-state index contributed by atoms with van der Waals surface area (Å²) in [7, 11) is 0. The molecule has 6 heteroatoms. The first kappa shape index (κ1) is 13.4. The number of carbonyl (C=O) groups excluding carboxylic acids is 1. The SMILES string of the molecule is NCCCNC(=O)N1c2ccccc2CC1C(=O)O. The number of nitrogens with one attached hydrogen (secondary N) is 1. The molecule has 1 aliphatic heterocycles. The van der Waals surface area contributed by atoms with Crippen LogP contribution in [0.5, 0.6) is 0 Å². The predicted octanol–water partition coefficient (Wildman–Crippen LogP) is 0.561. The molecule has 0 aliphatic carbocycles. The minimum Gasteiger partial charge on any atom is -0.480 e. The van der Waals surface area contributed by atoms with Crippen molar-refractivity contribution in [1.29, 1.82) is 0 Å². The maximum absolute atomic E-state index is 12.1. The molecular formula is C13H17N3O3. The number of amides is 2. The van der Waals surface area contributed by atoms with Gasteiger partial charge in [-0.1, -0.05) is 18.2 Å². The Kier molecular flexibility index (Phi) is 4.01. The molecule has 4 N–H and O–H groups in total. The summed E-state index contributed by atoms with van der Waals surface area (Å²) < 4.78 is 0. The van der Waals surface area contributed by atoms with Crippen molar-refractivity contribution in [2.24, 2.45) is 5.73 Å². The van der Waals surface area contributed by atoms with Gasteiger partial charge in [-0.2, -0.15) is 0 Å². The molecule has 1 aliphatic rings. The Labute approximate surface area is 111 Å². The second kappa shape index (κ2) is 5.71. The lowest BCUT2D eigenvalue weighted by Gasteiger charge is -2.22. The minimum absolute atomic E-state index is 0.343. The van der Waals surface area contributed by atoms with Crippen LogP contribution in [-0.2, 0) is 11.2 Å². The lowest BCUT2D eigenvalue weighted by Crippen LogP contribution is -2.48. The highest BCUT2D eigenvalue weighted by atomic mass is 16.4. The van der Waals surface area contributed by atoms with Crippen molar-refractivity contribution in [1.82, 2.24) is 5.32 Å². The summed E-state index contributed by atoms with van der Waals surface area (Å²) in [6.07, 6.45) is 1.01. The van der Waals surface area contributed by atoms with Crippen LogP contribution in [0.1, 0.15) is 12.0 Å². The van der Waals surface area contributed by atoms with Gasteiger partial charge >= 0.3 is 12.0 Å². The number of hydrogen-bond acceptors (Lipinski definition) is 3. The molecule has 102 valence electrons. The first-order valence-electron chi connectivity index (χ1n) is 6.23. The third kappa shape index (κ3) is 2.68. The zero-order valence-corrected chi connectivity index (χ0v) is 10.5. The van der Waals surface area contributed by atoms with E-state index in [0.717, 1.165) is 5.56 Å². The van der Waals surface area contributed by atoms with Crippen LogP contribution in [0.4, 0.5) is 10.5 Å². The van der Waals surface area contributed by atoms with Crippen molar-refractivity contribution in [2.75, 3.05) is 18.0 Å². The summed E-state index contributed by atoms with van der Waals surface area (Å²) in [6.45, 7) is 0.930. The van der Waals surface area contributed by atoms with Gasteiger partial charge in [-0.25, -0.2) is 9.59 Å². The molecule has 2 rings (SSSR count). The average molecular weight is 263 g/mol. The first-order valence-corrected chi connectivity index (χ1v) is 6.23. The summed E-state index contributed by atoms with van der Waals surface area (Å²) in [5.41, 5.74) is 6.91. The third-order valence-electron chi connectivity index (χ3n) is 3.14. The molecule has 1 atom stereocenters. The van der Waals surface area contributed by atoms with Gasteiger partial charge in [-0.3, -0.25) is 4.90 Å². The molecule has 0 radical (unpaired) electrons. The van der Waals surface area contributed by atoms with Crippen LogP contribution in [0.25, 0.3) is 0 Å². The van der Waals surface area contributed by atoms with Crippen molar-refractivity contribution in [3.05, 3.63) is 29.8 Å². The topological polar surface area (TPSA) is 95.7 Å². The van der Waals surface area contributed by atoms with E-state index < -0.39 is 12.0 Å². The number of para-hydroxylation sites is 1. The summed E-state index contributed by atoms with van der Waals surface area (Å²) in [6, 6.07) is 6.02. The smallest absolute Gasteiger partial charge is 0.327 e. The number of rotatable bonds is 4. The maximum atomic E-state index is 12.1. The van der Waals surface area contributed by atoms with E-state index in [1.807, 2.05) is 12.1 Å². The number of nitrogens with two attached hydrogens (primary N) is 1. The van der Waals surface area contributed by atoms with Crippen molar-refractivity contribution in [3.8, 4) is 0 Å². The number of carboxylic acid groups (broad SMARTS) is 1. The zero-order valence-electron chi connectivity index (χ0n) is 10.5. The van der Waals surface area contributed by atoms with Gasteiger partial charge in [0.2, 0.25) is 0 Å². The van der Waals surface area contributed by atoms with E-state index in [-0.39, 0.29) is 6.03 Å². The van der Waals surface area contributed by atoms with Crippen LogP contribution in [0.15, 0.2) is 24.3 Å². The fourth-order valence-electron chi connectivity index (χ4n) is 2.22. The summed E-state index contributed by atoms with van der Waals surface area (Å²) in [5.74, 6) is -0.995. The molecule has 1 aromatic rings. The minimum atomic E-state index is -0.995. The molecule has 1 aromatic carbocycles. The summed E-state index contributed by atoms with van der Waals surface area (Å²) in [5, 5.41) is 11.9. The second-order valence-electron chi connectivity index (χ2n) is 4.43. The number of hydrogen-bond donors (Lipinski definition) is 3. The lowest BCUT2D eigenvalue weighted by atomic mass is 10.1. The number of aliphatic carboxylic acids is 1. The highest BCUT2D eigenvalue weighted by Gasteiger charge is 2.38. The van der Waals surface area contributed by atoms with Gasteiger partial charge in [0.15, 0.2) is 0 Å². The van der Waals surface area contributed by atoms with Gasteiger partial charge in [0.25, 0.3) is 0 Å². The van der Waals surface area contributed by atoms with Crippen molar-refractivity contribution in [3.63, 3.8) is 0 Å². The van der Waals surface area contributed by atoms with Crippen molar-refractivity contribution < 1.29 is 14.7 Å². The Morgan fingerprint density at radius 2 is 2.16 bits per heavy atom. The van der Waals surface area contributed by atoms with E-state index in [1.165, 1.54) is 4.90 Å². The average Bonchev–Trinajstić information content (AvgIpc) is 2.78. The number of benzene rings is 1. The fourth-order valence-corrected chi connectivity index (χ4v) is 2.22. The largest absolute Gasteiger partial charge is 0.480 e. The van der Waals surface area contributed by atoms with Crippen LogP contribution in [0.2, 0.25) is 0 Å². The van der Waals surface area contributed by atoms with Crippen LogP contribution in [0, 0.1) is 0 Å². The van der Waals surface area contributed by atoms with Crippen LogP contribution in [0.3, 0.4) is 0 Å². The molecule has 0 saturated carbocycles. The maximum Gasteiger partial charge on any atom is 0.327 e. The fraction of sp³-hybridized carbons (Fsp3) is 0.385. The Morgan fingerprint density at radius 1 is 1.42 bits per heavy atom. The molecule has 1 unspecified atom stereocenters. The quantitative estimate of drug-likeness (QED) is 0.692. The number of nitrogens with zero attached hydrogens (tertiary/aromatic N) is 1. The van der Waals surface area contributed by atoms with E-state index in [9.17, 15) is 14.7 Å². The molecule has 0 fully saturated rings. The van der Waals surface area contributed by atoms with E-state index in [4.69, 9.17) is 5.73 Å². The zero-order chi connectivity index (χ0) is 13.8. The second-order valence-corrected chi connectivity index (χ2v) is 4.43. The van der Waals surface area contributed by atoms with Crippen molar-refractivity contribution in [2.45, 2.75) is 18.9 Å². The Bertz CT molecular complexity index is 490. The van der Waals surface area contributed by atoms with Crippen LogP contribution < -0.4 is 16.0 Å². The summed E-state index contributed by atoms with van der Waals surface area (Å²) in [4.78, 5) is 24.7. The lowest BCUT2D eigenvalue weighted by molar-refractivity contribution is -0.138. The van der Waals surface area contributed by atoms with Crippen molar-refractivity contribution >= 4 is 17.7 Å². The van der Waals surface area contributed by atoms with E-state index in [0.29, 0.717) is 31.6 Å². The van der Waals surface area contributed by atoms with Gasteiger partial charge < -0.3 is 16.2 Å². The molecule has 6 nitrogen and oxygen atoms in total. The predicted molar refractivity (Wildman–Crippen MR) is 71.1 cm³/mol. The normalized spacial score (nSPS) is 17.1. The summed E-state index contributed by atoms with van der Waals surface area (Å²) >= 11 is 0. The first-order chi connectivity index (χ1) is 9.15. The molecule has 19 heavy (non-hydrogen) atoms.